The highest BCUT2D eigenvalue weighted by molar-refractivity contribution is 8.00. The topological polar surface area (TPSA) is 91.8 Å². The number of sulfonamides is 1. The molecule has 1 saturated heterocycles. The fraction of sp³-hybridized carbons (Fsp3) is 0.300. The van der Waals surface area contributed by atoms with Gasteiger partial charge in [-0.25, -0.2) is 8.42 Å². The number of hydrogen-bond acceptors (Lipinski definition) is 5. The number of rotatable bonds is 5. The van der Waals surface area contributed by atoms with Crippen LogP contribution in [-0.4, -0.2) is 53.2 Å². The number of carboxylic acid groups (broad SMARTS) is 1. The summed E-state index contributed by atoms with van der Waals surface area (Å²) in [5, 5.41) is 9.65. The molecule has 2 aromatic rings. The van der Waals surface area contributed by atoms with Gasteiger partial charge in [0.2, 0.25) is 10.0 Å². The van der Waals surface area contributed by atoms with Gasteiger partial charge in [-0.05, 0) is 37.1 Å². The summed E-state index contributed by atoms with van der Waals surface area (Å²) in [5.74, 6) is -0.627. The molecule has 8 heteroatoms. The summed E-state index contributed by atoms with van der Waals surface area (Å²) in [7, 11) is -3.97. The lowest BCUT2D eigenvalue weighted by atomic mass is 10.0. The van der Waals surface area contributed by atoms with Gasteiger partial charge < -0.3 is 5.11 Å². The van der Waals surface area contributed by atoms with E-state index in [9.17, 15) is 23.1 Å². The number of carbonyl (C=O) groups is 2. The van der Waals surface area contributed by atoms with Crippen LogP contribution in [0.25, 0.3) is 11.1 Å². The molecular weight excluding hydrogens is 398 g/mol. The summed E-state index contributed by atoms with van der Waals surface area (Å²) >= 11 is 1.46. The van der Waals surface area contributed by atoms with Gasteiger partial charge in [-0.15, -0.1) is 0 Å². The molecule has 1 unspecified atom stereocenters. The molecule has 1 aliphatic heterocycles. The Labute approximate surface area is 168 Å². The first-order valence-corrected chi connectivity index (χ1v) is 11.1. The van der Waals surface area contributed by atoms with Crippen molar-refractivity contribution in [2.45, 2.75) is 29.5 Å². The van der Waals surface area contributed by atoms with Crippen LogP contribution in [0.15, 0.2) is 53.4 Å². The quantitative estimate of drug-likeness (QED) is 0.749. The van der Waals surface area contributed by atoms with E-state index in [4.69, 9.17) is 0 Å². The van der Waals surface area contributed by atoms with Gasteiger partial charge in [0, 0.05) is 22.6 Å². The Bertz CT molecular complexity index is 1000. The van der Waals surface area contributed by atoms with Gasteiger partial charge in [0.15, 0.2) is 6.29 Å². The summed E-state index contributed by atoms with van der Waals surface area (Å²) < 4.78 is 26.7. The third kappa shape index (κ3) is 3.72. The van der Waals surface area contributed by atoms with E-state index in [0.29, 0.717) is 22.4 Å². The van der Waals surface area contributed by atoms with Gasteiger partial charge in [-0.3, -0.25) is 9.59 Å². The minimum absolute atomic E-state index is 0.0359. The summed E-state index contributed by atoms with van der Waals surface area (Å²) in [6.45, 7) is 3.64. The summed E-state index contributed by atoms with van der Waals surface area (Å²) in [6, 6.07) is 12.1. The van der Waals surface area contributed by atoms with E-state index < -0.39 is 26.8 Å². The van der Waals surface area contributed by atoms with E-state index in [-0.39, 0.29) is 11.4 Å². The standard InChI is InChI=1S/C20H21NO5S2/c1-20(2)18(19(23)24)21(11-12-27-20)28(25,26)16-9-7-14(8-10-16)17-6-4-3-5-15(17)13-22/h3-10,13,18H,11-12H2,1-2H3,(H,23,24). The van der Waals surface area contributed by atoms with Gasteiger partial charge in [0.25, 0.3) is 0 Å². The number of hydrogen-bond donors (Lipinski definition) is 1. The molecule has 2 aromatic carbocycles. The Morgan fingerprint density at radius 3 is 2.43 bits per heavy atom. The van der Waals surface area contributed by atoms with Crippen molar-refractivity contribution in [3.63, 3.8) is 0 Å². The molecule has 0 aliphatic carbocycles. The first kappa shape index (κ1) is 20.6. The van der Waals surface area contributed by atoms with E-state index in [1.807, 2.05) is 0 Å². The second kappa shape index (κ2) is 7.69. The second-order valence-electron chi connectivity index (χ2n) is 7.04. The summed E-state index contributed by atoms with van der Waals surface area (Å²) in [4.78, 5) is 23.1. The number of aldehydes is 1. The van der Waals surface area contributed by atoms with Gasteiger partial charge in [0.1, 0.15) is 6.04 Å². The van der Waals surface area contributed by atoms with Crippen LogP contribution in [0, 0.1) is 0 Å². The first-order chi connectivity index (χ1) is 13.2. The van der Waals surface area contributed by atoms with E-state index in [1.54, 1.807) is 50.2 Å². The fourth-order valence-electron chi connectivity index (χ4n) is 3.44. The molecule has 1 heterocycles. The first-order valence-electron chi connectivity index (χ1n) is 8.72. The van der Waals surface area contributed by atoms with Crippen molar-refractivity contribution in [3.05, 3.63) is 54.1 Å². The van der Waals surface area contributed by atoms with Crippen LogP contribution in [-0.2, 0) is 14.8 Å². The minimum Gasteiger partial charge on any atom is -0.480 e. The number of thioether (sulfide) groups is 1. The van der Waals surface area contributed by atoms with Crippen LogP contribution < -0.4 is 0 Å². The zero-order valence-electron chi connectivity index (χ0n) is 15.5. The van der Waals surface area contributed by atoms with Crippen molar-refractivity contribution in [3.8, 4) is 11.1 Å². The maximum absolute atomic E-state index is 13.2. The van der Waals surface area contributed by atoms with E-state index in [0.717, 1.165) is 10.6 Å². The predicted octanol–water partition coefficient (Wildman–Crippen LogP) is 3.14. The van der Waals surface area contributed by atoms with Gasteiger partial charge in [-0.2, -0.15) is 16.1 Å². The molecule has 0 aromatic heterocycles. The average molecular weight is 420 g/mol. The van der Waals surface area contributed by atoms with E-state index in [1.165, 1.54) is 23.9 Å². The highest BCUT2D eigenvalue weighted by Gasteiger charge is 2.48. The minimum atomic E-state index is -3.97. The Morgan fingerprint density at radius 1 is 1.18 bits per heavy atom. The molecule has 0 amide bonds. The maximum Gasteiger partial charge on any atom is 0.323 e. The maximum atomic E-state index is 13.2. The Morgan fingerprint density at radius 2 is 1.82 bits per heavy atom. The van der Waals surface area contributed by atoms with Crippen molar-refractivity contribution in [2.75, 3.05) is 12.3 Å². The Hall–Kier alpha value is -2.16. The second-order valence-corrected chi connectivity index (χ2v) is 10.7. The molecule has 6 nitrogen and oxygen atoms in total. The lowest BCUT2D eigenvalue weighted by molar-refractivity contribution is -0.142. The highest BCUT2D eigenvalue weighted by atomic mass is 32.2. The van der Waals surface area contributed by atoms with Crippen molar-refractivity contribution in [1.29, 1.82) is 0 Å². The predicted molar refractivity (Wildman–Crippen MR) is 109 cm³/mol. The van der Waals surface area contributed by atoms with Gasteiger partial charge in [0.05, 0.1) is 4.90 Å². The monoisotopic (exact) mass is 419 g/mol. The molecule has 28 heavy (non-hydrogen) atoms. The molecule has 1 N–H and O–H groups in total. The van der Waals surface area contributed by atoms with Crippen molar-refractivity contribution in [2.24, 2.45) is 0 Å². The molecule has 3 rings (SSSR count). The summed E-state index contributed by atoms with van der Waals surface area (Å²) in [5.41, 5.74) is 1.94. The molecule has 0 radical (unpaired) electrons. The van der Waals surface area contributed by atoms with Crippen LogP contribution in [0.2, 0.25) is 0 Å². The molecule has 0 bridgehead atoms. The molecule has 0 saturated carbocycles. The SMILES string of the molecule is CC1(C)SCCN(S(=O)(=O)c2ccc(-c3ccccc3C=O)cc2)C1C(=O)O. The number of carboxylic acids is 1. The zero-order valence-corrected chi connectivity index (χ0v) is 17.2. The fourth-order valence-corrected chi connectivity index (χ4v) is 6.53. The van der Waals surface area contributed by atoms with E-state index in [2.05, 4.69) is 0 Å². The lowest BCUT2D eigenvalue weighted by Crippen LogP contribution is -2.58. The van der Waals surface area contributed by atoms with Crippen LogP contribution in [0.5, 0.6) is 0 Å². The molecule has 0 spiro atoms. The normalized spacial score (nSPS) is 19.9. The zero-order chi connectivity index (χ0) is 20.5. The number of nitrogens with zero attached hydrogens (tertiary/aromatic N) is 1. The average Bonchev–Trinajstić information content (AvgIpc) is 2.66. The van der Waals surface area contributed by atoms with Crippen molar-refractivity contribution in [1.82, 2.24) is 4.31 Å². The number of aliphatic carboxylic acids is 1. The van der Waals surface area contributed by atoms with Crippen molar-refractivity contribution >= 4 is 34.0 Å². The van der Waals surface area contributed by atoms with Crippen LogP contribution in [0.3, 0.4) is 0 Å². The van der Waals surface area contributed by atoms with Crippen LogP contribution in [0.1, 0.15) is 24.2 Å². The van der Waals surface area contributed by atoms with Gasteiger partial charge in [-0.1, -0.05) is 36.4 Å². The summed E-state index contributed by atoms with van der Waals surface area (Å²) in [6.07, 6.45) is 0.755. The highest BCUT2D eigenvalue weighted by Crippen LogP contribution is 2.38. The van der Waals surface area contributed by atoms with Crippen molar-refractivity contribution < 1.29 is 23.1 Å². The van der Waals surface area contributed by atoms with E-state index >= 15 is 0 Å². The Balaban J connectivity index is 1.98. The third-order valence-electron chi connectivity index (χ3n) is 4.83. The van der Waals surface area contributed by atoms with Crippen LogP contribution in [0.4, 0.5) is 0 Å². The third-order valence-corrected chi connectivity index (χ3v) is 8.06. The lowest BCUT2D eigenvalue weighted by Gasteiger charge is -2.42. The number of benzene rings is 2. The largest absolute Gasteiger partial charge is 0.480 e. The molecule has 148 valence electrons. The molecule has 1 atom stereocenters. The molecule has 1 fully saturated rings. The molecule has 1 aliphatic rings. The van der Waals surface area contributed by atoms with Gasteiger partial charge >= 0.3 is 5.97 Å². The Kier molecular flexibility index (Phi) is 5.65. The number of carbonyl (C=O) groups excluding carboxylic acids is 1. The smallest absolute Gasteiger partial charge is 0.323 e. The molecular formula is C20H21NO5S2. The van der Waals surface area contributed by atoms with Crippen LogP contribution >= 0.6 is 11.8 Å².